The van der Waals surface area contributed by atoms with Gasteiger partial charge in [0.25, 0.3) is 5.69 Å². The van der Waals surface area contributed by atoms with Crippen molar-refractivity contribution in [3.63, 3.8) is 0 Å². The summed E-state index contributed by atoms with van der Waals surface area (Å²) < 4.78 is 8.40. The lowest BCUT2D eigenvalue weighted by atomic mass is 10.2. The molecule has 8 nitrogen and oxygen atoms in total. The smallest absolute Gasteiger partial charge is 0.336 e. The summed E-state index contributed by atoms with van der Waals surface area (Å²) in [5.74, 6) is 0. The molecule has 5 rings (SSSR count). The van der Waals surface area contributed by atoms with Crippen molar-refractivity contribution >= 4 is 27.8 Å². The SMILES string of the molecule is O=c1c2oc3ccccc3c2n(Cc2ccc([N+](=O)[O-])cc2)c(=O)n1-c1ccccc1. The Balaban J connectivity index is 1.82. The fraction of sp³-hybridized carbons (Fsp3) is 0.0435. The molecule has 2 aromatic heterocycles. The summed E-state index contributed by atoms with van der Waals surface area (Å²) in [7, 11) is 0. The van der Waals surface area contributed by atoms with Gasteiger partial charge in [-0.05, 0) is 29.8 Å². The Bertz CT molecular complexity index is 1560. The molecule has 0 aliphatic carbocycles. The molecule has 2 heterocycles. The summed E-state index contributed by atoms with van der Waals surface area (Å²) in [6.07, 6.45) is 0. The van der Waals surface area contributed by atoms with Gasteiger partial charge in [-0.2, -0.15) is 0 Å². The monoisotopic (exact) mass is 413 g/mol. The van der Waals surface area contributed by atoms with Gasteiger partial charge in [-0.25, -0.2) is 9.36 Å². The number of rotatable bonds is 4. The quantitative estimate of drug-likeness (QED) is 0.329. The molecule has 0 saturated heterocycles. The van der Waals surface area contributed by atoms with Crippen molar-refractivity contribution in [3.05, 3.63) is 115 Å². The molecule has 0 amide bonds. The highest BCUT2D eigenvalue weighted by atomic mass is 16.6. The van der Waals surface area contributed by atoms with Crippen LogP contribution >= 0.6 is 0 Å². The molecule has 0 aliphatic heterocycles. The standard InChI is InChI=1S/C23H15N3O5/c27-22-21-20(18-8-4-5-9-19(18)31-21)24(14-15-10-12-17(13-11-15)26(29)30)23(28)25(22)16-6-2-1-3-7-16/h1-13H,14H2. The van der Waals surface area contributed by atoms with Crippen molar-refractivity contribution in [2.75, 3.05) is 0 Å². The van der Waals surface area contributed by atoms with Gasteiger partial charge in [0.05, 0.1) is 17.2 Å². The third-order valence-electron chi connectivity index (χ3n) is 5.16. The number of hydrogen-bond donors (Lipinski definition) is 0. The van der Waals surface area contributed by atoms with Crippen molar-refractivity contribution in [3.8, 4) is 5.69 Å². The average molecular weight is 413 g/mol. The highest BCUT2D eigenvalue weighted by Crippen LogP contribution is 2.26. The molecule has 152 valence electrons. The number of nitro groups is 1. The fourth-order valence-electron chi connectivity index (χ4n) is 3.71. The van der Waals surface area contributed by atoms with Gasteiger partial charge in [0.1, 0.15) is 11.1 Å². The van der Waals surface area contributed by atoms with Crippen LogP contribution in [0.1, 0.15) is 5.56 Å². The van der Waals surface area contributed by atoms with Crippen LogP contribution in [0.5, 0.6) is 0 Å². The van der Waals surface area contributed by atoms with Gasteiger partial charge < -0.3 is 4.42 Å². The minimum atomic E-state index is -0.539. The maximum atomic E-state index is 13.5. The van der Waals surface area contributed by atoms with Crippen LogP contribution in [-0.4, -0.2) is 14.1 Å². The van der Waals surface area contributed by atoms with Crippen LogP contribution in [-0.2, 0) is 6.54 Å². The maximum Gasteiger partial charge on any atom is 0.336 e. The van der Waals surface area contributed by atoms with Crippen LogP contribution in [0.15, 0.2) is 92.9 Å². The zero-order chi connectivity index (χ0) is 21.5. The summed E-state index contributed by atoms with van der Waals surface area (Å²) >= 11 is 0. The number of benzene rings is 3. The Morgan fingerprint density at radius 3 is 2.26 bits per heavy atom. The predicted molar refractivity (Wildman–Crippen MR) is 116 cm³/mol. The molecule has 31 heavy (non-hydrogen) atoms. The maximum absolute atomic E-state index is 13.5. The first kappa shape index (κ1) is 18.6. The van der Waals surface area contributed by atoms with Gasteiger partial charge in [0.15, 0.2) is 0 Å². The van der Waals surface area contributed by atoms with Crippen molar-refractivity contribution in [2.45, 2.75) is 6.54 Å². The minimum absolute atomic E-state index is 0.0377. The second-order valence-electron chi connectivity index (χ2n) is 7.04. The van der Waals surface area contributed by atoms with Crippen LogP contribution in [0.2, 0.25) is 0 Å². The molecule has 0 saturated carbocycles. The molecule has 0 aliphatic rings. The van der Waals surface area contributed by atoms with E-state index in [0.29, 0.717) is 27.7 Å². The van der Waals surface area contributed by atoms with Crippen molar-refractivity contribution in [2.24, 2.45) is 0 Å². The van der Waals surface area contributed by atoms with E-state index in [-0.39, 0.29) is 17.8 Å². The summed E-state index contributed by atoms with van der Waals surface area (Å²) in [4.78, 5) is 37.2. The number of aromatic nitrogens is 2. The summed E-state index contributed by atoms with van der Waals surface area (Å²) in [6.45, 7) is 0.115. The average Bonchev–Trinajstić information content (AvgIpc) is 3.18. The lowest BCUT2D eigenvalue weighted by Gasteiger charge is -2.12. The number of fused-ring (bicyclic) bond motifs is 3. The molecule has 0 unspecified atom stereocenters. The van der Waals surface area contributed by atoms with E-state index in [1.807, 2.05) is 0 Å². The van der Waals surface area contributed by atoms with E-state index in [1.54, 1.807) is 66.7 Å². The number of non-ortho nitro benzene ring substituents is 1. The van der Waals surface area contributed by atoms with E-state index >= 15 is 0 Å². The molecular weight excluding hydrogens is 398 g/mol. The molecule has 0 N–H and O–H groups in total. The van der Waals surface area contributed by atoms with Crippen LogP contribution in [0, 0.1) is 10.1 Å². The molecule has 5 aromatic rings. The van der Waals surface area contributed by atoms with Gasteiger partial charge in [-0.15, -0.1) is 0 Å². The van der Waals surface area contributed by atoms with Gasteiger partial charge in [0.2, 0.25) is 5.58 Å². The summed E-state index contributed by atoms with van der Waals surface area (Å²) in [5.41, 5.74) is 0.982. The zero-order valence-corrected chi connectivity index (χ0v) is 16.1. The van der Waals surface area contributed by atoms with Crippen LogP contribution in [0.3, 0.4) is 0 Å². The van der Waals surface area contributed by atoms with E-state index < -0.39 is 16.2 Å². The van der Waals surface area contributed by atoms with Gasteiger partial charge in [-0.1, -0.05) is 42.5 Å². The first-order valence-corrected chi connectivity index (χ1v) is 9.50. The minimum Gasteiger partial charge on any atom is -0.449 e. The third-order valence-corrected chi connectivity index (χ3v) is 5.16. The Hall–Kier alpha value is -4.46. The number of nitro benzene ring substituents is 1. The van der Waals surface area contributed by atoms with Crippen LogP contribution in [0.25, 0.3) is 27.8 Å². The molecule has 0 atom stereocenters. The largest absolute Gasteiger partial charge is 0.449 e. The van der Waals surface area contributed by atoms with Crippen LogP contribution < -0.4 is 11.2 Å². The topological polar surface area (TPSA) is 100 Å². The first-order valence-electron chi connectivity index (χ1n) is 9.50. The molecule has 0 radical (unpaired) electrons. The van der Waals surface area contributed by atoms with E-state index in [9.17, 15) is 19.7 Å². The normalized spacial score (nSPS) is 11.2. The van der Waals surface area contributed by atoms with E-state index in [0.717, 1.165) is 4.57 Å². The Labute approximate surface area is 174 Å². The Kier molecular flexibility index (Phi) is 4.25. The second kappa shape index (κ2) is 7.10. The second-order valence-corrected chi connectivity index (χ2v) is 7.04. The molecule has 0 fully saturated rings. The van der Waals surface area contributed by atoms with E-state index in [1.165, 1.54) is 16.7 Å². The van der Waals surface area contributed by atoms with Crippen LogP contribution in [0.4, 0.5) is 5.69 Å². The van der Waals surface area contributed by atoms with Gasteiger partial charge in [-0.3, -0.25) is 19.5 Å². The van der Waals surface area contributed by atoms with E-state index in [2.05, 4.69) is 0 Å². The highest BCUT2D eigenvalue weighted by Gasteiger charge is 2.21. The van der Waals surface area contributed by atoms with Gasteiger partial charge >= 0.3 is 11.2 Å². The predicted octanol–water partition coefficient (Wildman–Crippen LogP) is 3.86. The number of para-hydroxylation sites is 2. The number of nitrogens with zero attached hydrogens (tertiary/aromatic N) is 3. The first-order chi connectivity index (χ1) is 15.0. The molecule has 3 aromatic carbocycles. The number of furan rings is 1. The number of hydrogen-bond acceptors (Lipinski definition) is 5. The summed E-state index contributed by atoms with van der Waals surface area (Å²) in [5, 5.41) is 11.6. The van der Waals surface area contributed by atoms with Gasteiger partial charge in [0, 0.05) is 17.5 Å². The van der Waals surface area contributed by atoms with Crippen molar-refractivity contribution < 1.29 is 9.34 Å². The lowest BCUT2D eigenvalue weighted by molar-refractivity contribution is -0.384. The molecule has 0 bridgehead atoms. The third kappa shape index (κ3) is 3.01. The van der Waals surface area contributed by atoms with Crippen molar-refractivity contribution in [1.29, 1.82) is 0 Å². The van der Waals surface area contributed by atoms with Crippen molar-refractivity contribution in [1.82, 2.24) is 9.13 Å². The zero-order valence-electron chi connectivity index (χ0n) is 16.1. The Morgan fingerprint density at radius 1 is 0.871 bits per heavy atom. The summed E-state index contributed by atoms with van der Waals surface area (Å²) in [6, 6.07) is 21.7. The lowest BCUT2D eigenvalue weighted by Crippen LogP contribution is -2.38. The molecule has 0 spiro atoms. The molecular formula is C23H15N3O5. The fourth-order valence-corrected chi connectivity index (χ4v) is 3.71. The Morgan fingerprint density at radius 2 is 1.55 bits per heavy atom. The van der Waals surface area contributed by atoms with E-state index in [4.69, 9.17) is 4.42 Å². The highest BCUT2D eigenvalue weighted by molar-refractivity contribution is 6.02. The molecule has 8 heteroatoms.